The minimum absolute atomic E-state index is 0.151. The van der Waals surface area contributed by atoms with Gasteiger partial charge in [-0.2, -0.15) is 0 Å². The van der Waals surface area contributed by atoms with E-state index in [1.165, 1.54) is 6.08 Å². The van der Waals surface area contributed by atoms with Crippen molar-refractivity contribution in [3.63, 3.8) is 0 Å². The van der Waals surface area contributed by atoms with Gasteiger partial charge in [0.15, 0.2) is 11.5 Å². The predicted octanol–water partition coefficient (Wildman–Crippen LogP) is 4.64. The van der Waals surface area contributed by atoms with E-state index in [1.54, 1.807) is 36.4 Å². The van der Waals surface area contributed by atoms with Crippen LogP contribution in [-0.4, -0.2) is 24.5 Å². The second-order valence-electron chi connectivity index (χ2n) is 7.71. The third-order valence-electron chi connectivity index (χ3n) is 5.18. The number of imide groups is 2. The van der Waals surface area contributed by atoms with Crippen molar-refractivity contribution < 1.29 is 23.9 Å². The number of carbonyl (C=O) groups excluding carboxylic acids is 3. The highest BCUT2D eigenvalue weighted by Crippen LogP contribution is 2.31. The number of carbonyl (C=O) groups is 3. The normalized spacial score (nSPS) is 14.8. The van der Waals surface area contributed by atoms with E-state index in [4.69, 9.17) is 9.47 Å². The van der Waals surface area contributed by atoms with Gasteiger partial charge in [0.1, 0.15) is 12.2 Å². The van der Waals surface area contributed by atoms with Crippen molar-refractivity contribution in [3.05, 3.63) is 95.1 Å². The molecular formula is C27H24N2O5. The van der Waals surface area contributed by atoms with Gasteiger partial charge in [0.05, 0.1) is 12.3 Å². The van der Waals surface area contributed by atoms with Crippen molar-refractivity contribution in [1.29, 1.82) is 0 Å². The maximum atomic E-state index is 13.1. The Morgan fingerprint density at radius 3 is 2.41 bits per heavy atom. The molecule has 0 bridgehead atoms. The van der Waals surface area contributed by atoms with Gasteiger partial charge in [0.25, 0.3) is 11.8 Å². The molecule has 0 unspecified atom stereocenters. The van der Waals surface area contributed by atoms with E-state index in [0.717, 1.165) is 16.0 Å². The lowest BCUT2D eigenvalue weighted by atomic mass is 10.1. The quantitative estimate of drug-likeness (QED) is 0.414. The Kier molecular flexibility index (Phi) is 6.73. The fourth-order valence-electron chi connectivity index (χ4n) is 3.56. The van der Waals surface area contributed by atoms with Crippen LogP contribution in [0.4, 0.5) is 10.5 Å². The number of urea groups is 1. The van der Waals surface area contributed by atoms with E-state index in [0.29, 0.717) is 36.0 Å². The molecule has 0 aliphatic carbocycles. The number of benzene rings is 3. The smallest absolute Gasteiger partial charge is 0.335 e. The molecule has 7 nitrogen and oxygen atoms in total. The molecule has 172 valence electrons. The zero-order valence-corrected chi connectivity index (χ0v) is 18.9. The van der Waals surface area contributed by atoms with Crippen LogP contribution in [0.5, 0.6) is 11.5 Å². The molecule has 0 saturated carbocycles. The van der Waals surface area contributed by atoms with Crippen LogP contribution in [0.15, 0.2) is 78.4 Å². The Hall–Kier alpha value is -4.39. The van der Waals surface area contributed by atoms with E-state index >= 15 is 0 Å². The number of barbiturate groups is 1. The summed E-state index contributed by atoms with van der Waals surface area (Å²) in [6.45, 7) is 4.50. The summed E-state index contributed by atoms with van der Waals surface area (Å²) in [5, 5.41) is 2.24. The average Bonchev–Trinajstić information content (AvgIpc) is 2.82. The lowest BCUT2D eigenvalue weighted by Gasteiger charge is -2.26. The number of amides is 4. The second-order valence-corrected chi connectivity index (χ2v) is 7.71. The molecule has 4 rings (SSSR count). The Labute approximate surface area is 197 Å². The molecule has 3 aromatic rings. The summed E-state index contributed by atoms with van der Waals surface area (Å²) in [7, 11) is 0. The summed E-state index contributed by atoms with van der Waals surface area (Å²) >= 11 is 0. The van der Waals surface area contributed by atoms with E-state index in [2.05, 4.69) is 5.32 Å². The monoisotopic (exact) mass is 456 g/mol. The first kappa shape index (κ1) is 22.8. The third-order valence-corrected chi connectivity index (χ3v) is 5.18. The number of aryl methyl sites for hydroxylation is 1. The molecule has 4 amide bonds. The third kappa shape index (κ3) is 4.99. The Morgan fingerprint density at radius 1 is 0.882 bits per heavy atom. The maximum Gasteiger partial charge on any atom is 0.335 e. The number of nitrogens with one attached hydrogen (secondary N) is 1. The minimum atomic E-state index is -0.780. The van der Waals surface area contributed by atoms with Crippen LogP contribution >= 0.6 is 0 Å². The minimum Gasteiger partial charge on any atom is -0.490 e. The van der Waals surface area contributed by atoms with Gasteiger partial charge in [-0.05, 0) is 60.9 Å². The van der Waals surface area contributed by atoms with Gasteiger partial charge in [0.2, 0.25) is 0 Å². The highest BCUT2D eigenvalue weighted by Gasteiger charge is 2.36. The lowest BCUT2D eigenvalue weighted by Crippen LogP contribution is -2.54. The van der Waals surface area contributed by atoms with Crippen LogP contribution in [0.2, 0.25) is 0 Å². The highest BCUT2D eigenvalue weighted by atomic mass is 16.5. The summed E-state index contributed by atoms with van der Waals surface area (Å²) in [4.78, 5) is 39.0. The molecule has 0 radical (unpaired) electrons. The molecule has 1 saturated heterocycles. The van der Waals surface area contributed by atoms with Crippen molar-refractivity contribution in [2.24, 2.45) is 0 Å². The van der Waals surface area contributed by atoms with Crippen LogP contribution in [0, 0.1) is 6.92 Å². The van der Waals surface area contributed by atoms with Gasteiger partial charge in [-0.15, -0.1) is 0 Å². The molecule has 1 heterocycles. The van der Waals surface area contributed by atoms with Crippen molar-refractivity contribution >= 4 is 29.6 Å². The molecule has 0 spiro atoms. The van der Waals surface area contributed by atoms with Crippen molar-refractivity contribution in [3.8, 4) is 11.5 Å². The summed E-state index contributed by atoms with van der Waals surface area (Å²) in [5.41, 5.74) is 2.70. The number of ether oxygens (including phenoxy) is 2. The summed E-state index contributed by atoms with van der Waals surface area (Å²) in [6.07, 6.45) is 1.44. The van der Waals surface area contributed by atoms with Gasteiger partial charge in [-0.1, -0.05) is 48.5 Å². The van der Waals surface area contributed by atoms with Gasteiger partial charge in [-0.25, -0.2) is 9.69 Å². The number of nitrogens with zero attached hydrogens (tertiary/aromatic N) is 1. The SMILES string of the molecule is CCOc1cc(/C=C2\C(=O)NC(=O)N(c3cccc(C)c3)C2=O)ccc1OCc1ccccc1. The fourth-order valence-corrected chi connectivity index (χ4v) is 3.56. The predicted molar refractivity (Wildman–Crippen MR) is 129 cm³/mol. The molecule has 3 aromatic carbocycles. The number of hydrogen-bond acceptors (Lipinski definition) is 5. The second kappa shape index (κ2) is 10.0. The fraction of sp³-hybridized carbons (Fsp3) is 0.148. The van der Waals surface area contributed by atoms with Crippen molar-refractivity contribution in [1.82, 2.24) is 5.32 Å². The number of anilines is 1. The first-order chi connectivity index (χ1) is 16.5. The van der Waals surface area contributed by atoms with Crippen LogP contribution in [0.25, 0.3) is 6.08 Å². The first-order valence-corrected chi connectivity index (χ1v) is 10.9. The molecule has 34 heavy (non-hydrogen) atoms. The molecule has 1 N–H and O–H groups in total. The van der Waals surface area contributed by atoms with Gasteiger partial charge in [-0.3, -0.25) is 14.9 Å². The number of rotatable bonds is 7. The molecule has 1 aliphatic heterocycles. The molecule has 7 heteroatoms. The van der Waals surface area contributed by atoms with E-state index in [-0.39, 0.29) is 5.57 Å². The molecule has 1 fully saturated rings. The van der Waals surface area contributed by atoms with Crippen LogP contribution in [-0.2, 0) is 16.2 Å². The van der Waals surface area contributed by atoms with Crippen LogP contribution < -0.4 is 19.7 Å². The average molecular weight is 456 g/mol. The lowest BCUT2D eigenvalue weighted by molar-refractivity contribution is -0.122. The van der Waals surface area contributed by atoms with Gasteiger partial charge >= 0.3 is 6.03 Å². The molecule has 1 aliphatic rings. The van der Waals surface area contributed by atoms with Gasteiger partial charge < -0.3 is 9.47 Å². The number of hydrogen-bond donors (Lipinski definition) is 1. The van der Waals surface area contributed by atoms with Crippen LogP contribution in [0.3, 0.4) is 0 Å². The van der Waals surface area contributed by atoms with E-state index in [1.807, 2.05) is 50.2 Å². The molecule has 0 atom stereocenters. The topological polar surface area (TPSA) is 84.9 Å². The highest BCUT2D eigenvalue weighted by molar-refractivity contribution is 6.39. The maximum absolute atomic E-state index is 13.1. The summed E-state index contributed by atoms with van der Waals surface area (Å²) < 4.78 is 11.6. The van der Waals surface area contributed by atoms with Crippen LogP contribution in [0.1, 0.15) is 23.6 Å². The Balaban J connectivity index is 1.62. The van der Waals surface area contributed by atoms with E-state index < -0.39 is 17.8 Å². The first-order valence-electron chi connectivity index (χ1n) is 10.9. The molecular weight excluding hydrogens is 432 g/mol. The Morgan fingerprint density at radius 2 is 1.68 bits per heavy atom. The summed E-state index contributed by atoms with van der Waals surface area (Å²) in [5.74, 6) is -0.408. The zero-order valence-electron chi connectivity index (χ0n) is 18.9. The summed E-state index contributed by atoms with van der Waals surface area (Å²) in [6, 6.07) is 21.1. The van der Waals surface area contributed by atoms with Crippen molar-refractivity contribution in [2.45, 2.75) is 20.5 Å². The Bertz CT molecular complexity index is 1270. The standard InChI is InChI=1S/C27H24N2O5/c1-3-33-24-16-20(12-13-23(24)34-17-19-9-5-4-6-10-19)15-22-25(30)28-27(32)29(26(22)31)21-11-7-8-18(2)14-21/h4-16H,3,17H2,1-2H3,(H,28,30,32)/b22-15+. The van der Waals surface area contributed by atoms with Crippen molar-refractivity contribution in [2.75, 3.05) is 11.5 Å². The van der Waals surface area contributed by atoms with E-state index in [9.17, 15) is 14.4 Å². The largest absolute Gasteiger partial charge is 0.490 e. The van der Waals surface area contributed by atoms with Gasteiger partial charge in [0, 0.05) is 0 Å². The zero-order chi connectivity index (χ0) is 24.1. The molecule has 0 aromatic heterocycles.